The highest BCUT2D eigenvalue weighted by atomic mass is 35.5. The van der Waals surface area contributed by atoms with Crippen LogP contribution in [0.1, 0.15) is 27.2 Å². The summed E-state index contributed by atoms with van der Waals surface area (Å²) in [4.78, 5) is 25.8. The van der Waals surface area contributed by atoms with Crippen LogP contribution in [-0.4, -0.2) is 39.2 Å². The van der Waals surface area contributed by atoms with Crippen molar-refractivity contribution in [1.29, 1.82) is 0 Å². The number of carbonyl (C=O) groups excluding carboxylic acids is 1. The van der Waals surface area contributed by atoms with Gasteiger partial charge in [-0.15, -0.1) is 0 Å². The van der Waals surface area contributed by atoms with E-state index in [9.17, 15) is 4.79 Å². The van der Waals surface area contributed by atoms with E-state index in [4.69, 9.17) is 26.8 Å². The van der Waals surface area contributed by atoms with Crippen molar-refractivity contribution in [2.24, 2.45) is 0 Å². The van der Waals surface area contributed by atoms with Gasteiger partial charge < -0.3 is 20.2 Å². The maximum Gasteiger partial charge on any atom is 0.215 e. The quantitative estimate of drug-likeness (QED) is 0.265. The van der Waals surface area contributed by atoms with E-state index in [0.717, 1.165) is 22.2 Å². The standard InChI is InChI=1S/C25H22ClN5O3/c1-13-7-8-18(34-12-33-3)14(2)22(13)31-24(27)19(21-25(31)29-10-9-28-21)23(32)17-11-15-5-4-6-16(26)20(15)30-17/h4-11,30H,12,27H2,1-3H3. The molecular formula is C25H22ClN5O3. The number of ketones is 1. The molecule has 2 aromatic carbocycles. The highest BCUT2D eigenvalue weighted by Crippen LogP contribution is 2.36. The Kier molecular flexibility index (Phi) is 5.47. The largest absolute Gasteiger partial charge is 0.467 e. The van der Waals surface area contributed by atoms with Gasteiger partial charge in [0.1, 0.15) is 17.1 Å². The van der Waals surface area contributed by atoms with Crippen LogP contribution in [0.25, 0.3) is 27.8 Å². The van der Waals surface area contributed by atoms with Crippen LogP contribution in [0.3, 0.4) is 0 Å². The third kappa shape index (κ3) is 3.39. The van der Waals surface area contributed by atoms with E-state index >= 15 is 0 Å². The third-order valence-electron chi connectivity index (χ3n) is 5.84. The Balaban J connectivity index is 1.74. The molecule has 0 unspecified atom stereocenters. The summed E-state index contributed by atoms with van der Waals surface area (Å²) >= 11 is 6.30. The second kappa shape index (κ2) is 8.48. The van der Waals surface area contributed by atoms with Gasteiger partial charge in [-0.3, -0.25) is 14.3 Å². The summed E-state index contributed by atoms with van der Waals surface area (Å²) in [5, 5.41) is 1.37. The van der Waals surface area contributed by atoms with Gasteiger partial charge in [0.15, 0.2) is 12.4 Å². The van der Waals surface area contributed by atoms with Crippen LogP contribution in [0.4, 0.5) is 5.82 Å². The Labute approximate surface area is 200 Å². The molecule has 172 valence electrons. The maximum atomic E-state index is 13.7. The molecule has 0 amide bonds. The lowest BCUT2D eigenvalue weighted by molar-refractivity contribution is 0.0506. The van der Waals surface area contributed by atoms with Gasteiger partial charge in [0, 0.05) is 30.5 Å². The molecule has 9 heteroatoms. The van der Waals surface area contributed by atoms with Gasteiger partial charge in [-0.2, -0.15) is 0 Å². The number of halogens is 1. The Bertz CT molecular complexity index is 1570. The first kappa shape index (κ1) is 21.9. The number of methoxy groups -OCH3 is 1. The van der Waals surface area contributed by atoms with Crippen molar-refractivity contribution in [3.63, 3.8) is 0 Å². The summed E-state index contributed by atoms with van der Waals surface area (Å²) in [7, 11) is 1.56. The predicted molar refractivity (Wildman–Crippen MR) is 132 cm³/mol. The van der Waals surface area contributed by atoms with Crippen LogP contribution in [0.15, 0.2) is 48.8 Å². The van der Waals surface area contributed by atoms with Crippen molar-refractivity contribution in [3.05, 3.63) is 76.2 Å². The van der Waals surface area contributed by atoms with Crippen LogP contribution in [-0.2, 0) is 4.74 Å². The lowest BCUT2D eigenvalue weighted by Gasteiger charge is -2.17. The van der Waals surface area contributed by atoms with E-state index in [1.807, 2.05) is 38.1 Å². The van der Waals surface area contributed by atoms with E-state index in [2.05, 4.69) is 15.0 Å². The fourth-order valence-electron chi connectivity index (χ4n) is 4.28. The minimum absolute atomic E-state index is 0.109. The number of anilines is 1. The van der Waals surface area contributed by atoms with E-state index < -0.39 is 0 Å². The van der Waals surface area contributed by atoms with Crippen LogP contribution in [0.2, 0.25) is 5.02 Å². The molecule has 0 aliphatic carbocycles. The van der Waals surface area contributed by atoms with Crippen LogP contribution in [0, 0.1) is 13.8 Å². The molecule has 0 aliphatic rings. The number of nitrogens with zero attached hydrogens (tertiary/aromatic N) is 3. The number of H-pyrrole nitrogens is 1. The third-order valence-corrected chi connectivity index (χ3v) is 6.16. The summed E-state index contributed by atoms with van der Waals surface area (Å²) in [5.74, 6) is 0.591. The molecule has 0 radical (unpaired) electrons. The first-order valence-electron chi connectivity index (χ1n) is 10.6. The van der Waals surface area contributed by atoms with Crippen molar-refractivity contribution in [1.82, 2.24) is 19.5 Å². The van der Waals surface area contributed by atoms with Crippen molar-refractivity contribution < 1.29 is 14.3 Å². The number of aromatic nitrogens is 4. The molecule has 34 heavy (non-hydrogen) atoms. The van der Waals surface area contributed by atoms with Gasteiger partial charge in [0.2, 0.25) is 5.78 Å². The number of hydrogen-bond donors (Lipinski definition) is 2. The summed E-state index contributed by atoms with van der Waals surface area (Å²) in [6, 6.07) is 11.1. The topological polar surface area (TPSA) is 108 Å². The molecule has 5 rings (SSSR count). The minimum Gasteiger partial charge on any atom is -0.467 e. The number of carbonyl (C=O) groups is 1. The molecule has 0 saturated heterocycles. The first-order valence-corrected chi connectivity index (χ1v) is 10.9. The molecule has 0 aliphatic heterocycles. The van der Waals surface area contributed by atoms with Crippen LogP contribution in [0.5, 0.6) is 5.75 Å². The maximum absolute atomic E-state index is 13.7. The highest BCUT2D eigenvalue weighted by molar-refractivity contribution is 6.35. The molecule has 0 saturated carbocycles. The number of fused-ring (bicyclic) bond motifs is 2. The number of para-hydroxylation sites is 1. The molecule has 5 aromatic rings. The molecule has 0 spiro atoms. The van der Waals surface area contributed by atoms with Gasteiger partial charge in [0.05, 0.1) is 27.5 Å². The molecule has 8 nitrogen and oxygen atoms in total. The monoisotopic (exact) mass is 475 g/mol. The lowest BCUT2D eigenvalue weighted by Crippen LogP contribution is -2.10. The van der Waals surface area contributed by atoms with Crippen molar-refractivity contribution in [2.75, 3.05) is 19.6 Å². The minimum atomic E-state index is -0.295. The van der Waals surface area contributed by atoms with E-state index in [-0.39, 0.29) is 24.0 Å². The SMILES string of the molecule is COCOc1ccc(C)c(-n2c(N)c(C(=O)c3cc4cccc(Cl)c4[nH]3)c3nccnc32)c1C. The second-order valence-corrected chi connectivity index (χ2v) is 8.35. The number of nitrogen functional groups attached to an aromatic ring is 1. The number of benzene rings is 2. The zero-order valence-electron chi connectivity index (χ0n) is 18.8. The smallest absolute Gasteiger partial charge is 0.215 e. The van der Waals surface area contributed by atoms with Gasteiger partial charge in [-0.25, -0.2) is 4.98 Å². The number of hydrogen-bond acceptors (Lipinski definition) is 6. The summed E-state index contributed by atoms with van der Waals surface area (Å²) in [5.41, 5.74) is 11.4. The van der Waals surface area contributed by atoms with Gasteiger partial charge in [-0.05, 0) is 37.6 Å². The van der Waals surface area contributed by atoms with Crippen molar-refractivity contribution >= 4 is 45.3 Å². The number of nitrogens with one attached hydrogen (secondary N) is 1. The summed E-state index contributed by atoms with van der Waals surface area (Å²) in [6.07, 6.45) is 3.12. The molecule has 0 fully saturated rings. The molecule has 3 heterocycles. The predicted octanol–water partition coefficient (Wildman–Crippen LogP) is 4.97. The van der Waals surface area contributed by atoms with Crippen molar-refractivity contribution in [3.8, 4) is 11.4 Å². The normalized spacial score (nSPS) is 11.4. The Morgan fingerprint density at radius 3 is 2.74 bits per heavy atom. The number of aryl methyl sites for hydroxylation is 1. The van der Waals surface area contributed by atoms with Gasteiger partial charge >= 0.3 is 0 Å². The van der Waals surface area contributed by atoms with E-state index in [1.54, 1.807) is 36.2 Å². The zero-order valence-corrected chi connectivity index (χ0v) is 19.6. The summed E-state index contributed by atoms with van der Waals surface area (Å²) in [6.45, 7) is 4.00. The van der Waals surface area contributed by atoms with Crippen molar-refractivity contribution in [2.45, 2.75) is 13.8 Å². The summed E-state index contributed by atoms with van der Waals surface area (Å²) < 4.78 is 12.5. The second-order valence-electron chi connectivity index (χ2n) is 7.95. The lowest BCUT2D eigenvalue weighted by atomic mass is 10.1. The average molecular weight is 476 g/mol. The van der Waals surface area contributed by atoms with E-state index in [0.29, 0.717) is 33.1 Å². The Hall–Kier alpha value is -3.88. The van der Waals surface area contributed by atoms with Gasteiger partial charge in [0.25, 0.3) is 0 Å². The molecule has 0 atom stereocenters. The Morgan fingerprint density at radius 2 is 1.97 bits per heavy atom. The molecule has 3 aromatic heterocycles. The average Bonchev–Trinajstić information content (AvgIpc) is 3.39. The molecular weight excluding hydrogens is 454 g/mol. The molecule has 0 bridgehead atoms. The highest BCUT2D eigenvalue weighted by Gasteiger charge is 2.27. The fraction of sp³-hybridized carbons (Fsp3) is 0.160. The van der Waals surface area contributed by atoms with Crippen LogP contribution < -0.4 is 10.5 Å². The zero-order chi connectivity index (χ0) is 24.0. The van der Waals surface area contributed by atoms with E-state index in [1.165, 1.54) is 0 Å². The number of rotatable bonds is 6. The molecule has 3 N–H and O–H groups in total. The Morgan fingerprint density at radius 1 is 1.18 bits per heavy atom. The number of aromatic amines is 1. The van der Waals surface area contributed by atoms with Gasteiger partial charge in [-0.1, -0.05) is 29.8 Å². The first-order chi connectivity index (χ1) is 16.4. The number of nitrogens with two attached hydrogens (primary N) is 1. The fourth-order valence-corrected chi connectivity index (χ4v) is 4.51. The van der Waals surface area contributed by atoms with Crippen LogP contribution >= 0.6 is 11.6 Å². The number of ether oxygens (including phenoxy) is 2.